The standard InChI is InChI=1S/C19H16O3S/c1-22-17(20)10-11-23-19(21)18-15-8-4-2-6-13(15)12-14-7-3-5-9-16(14)18/h2-9,12H,10-11H2,1H3. The van der Waals surface area contributed by atoms with Gasteiger partial charge < -0.3 is 4.74 Å². The van der Waals surface area contributed by atoms with Crippen molar-refractivity contribution in [1.82, 2.24) is 0 Å². The smallest absolute Gasteiger partial charge is 0.306 e. The van der Waals surface area contributed by atoms with Gasteiger partial charge >= 0.3 is 5.97 Å². The summed E-state index contributed by atoms with van der Waals surface area (Å²) in [6.45, 7) is 0. The molecule has 0 atom stereocenters. The number of rotatable bonds is 4. The molecule has 3 rings (SSSR count). The van der Waals surface area contributed by atoms with E-state index >= 15 is 0 Å². The fourth-order valence-electron chi connectivity index (χ4n) is 2.63. The Balaban J connectivity index is 2.02. The SMILES string of the molecule is COC(=O)CCSC(=O)c1c2ccccc2cc2ccccc12. The van der Waals surface area contributed by atoms with E-state index in [2.05, 4.69) is 10.8 Å². The van der Waals surface area contributed by atoms with Gasteiger partial charge in [0, 0.05) is 11.3 Å². The number of ether oxygens (including phenoxy) is 1. The summed E-state index contributed by atoms with van der Waals surface area (Å²) in [6.07, 6.45) is 0.232. The summed E-state index contributed by atoms with van der Waals surface area (Å²) in [5.41, 5.74) is 0.716. The Morgan fingerprint density at radius 2 is 1.52 bits per heavy atom. The first-order chi connectivity index (χ1) is 11.2. The number of thioether (sulfide) groups is 1. The van der Waals surface area contributed by atoms with Crippen molar-refractivity contribution in [2.75, 3.05) is 12.9 Å². The minimum atomic E-state index is -0.298. The second-order valence-corrected chi connectivity index (χ2v) is 6.22. The van der Waals surface area contributed by atoms with Crippen LogP contribution < -0.4 is 0 Å². The Hall–Kier alpha value is -2.33. The first-order valence-electron chi connectivity index (χ1n) is 7.35. The summed E-state index contributed by atoms with van der Waals surface area (Å²) >= 11 is 1.16. The van der Waals surface area contributed by atoms with Gasteiger partial charge in [-0.3, -0.25) is 9.59 Å². The lowest BCUT2D eigenvalue weighted by atomic mass is 9.97. The Morgan fingerprint density at radius 1 is 0.957 bits per heavy atom. The van der Waals surface area contributed by atoms with Gasteiger partial charge in [-0.05, 0) is 27.6 Å². The zero-order valence-corrected chi connectivity index (χ0v) is 13.6. The molecule has 3 aromatic rings. The molecule has 116 valence electrons. The molecule has 3 aromatic carbocycles. The van der Waals surface area contributed by atoms with E-state index in [1.54, 1.807) is 0 Å². The molecule has 0 bridgehead atoms. The van der Waals surface area contributed by atoms with E-state index < -0.39 is 0 Å². The zero-order chi connectivity index (χ0) is 16.2. The van der Waals surface area contributed by atoms with Crippen LogP contribution in [-0.4, -0.2) is 23.9 Å². The molecule has 0 radical (unpaired) electrons. The molecule has 0 aliphatic heterocycles. The molecule has 0 N–H and O–H groups in total. The Morgan fingerprint density at radius 3 is 2.09 bits per heavy atom. The topological polar surface area (TPSA) is 43.4 Å². The van der Waals surface area contributed by atoms with Gasteiger partial charge in [0.25, 0.3) is 0 Å². The van der Waals surface area contributed by atoms with Crippen LogP contribution in [-0.2, 0) is 9.53 Å². The van der Waals surface area contributed by atoms with Gasteiger partial charge in [0.2, 0.25) is 5.12 Å². The quantitative estimate of drug-likeness (QED) is 0.526. The lowest BCUT2D eigenvalue weighted by molar-refractivity contribution is -0.140. The fourth-order valence-corrected chi connectivity index (χ4v) is 3.45. The Bertz CT molecular complexity index is 832. The predicted molar refractivity (Wildman–Crippen MR) is 94.9 cm³/mol. The van der Waals surface area contributed by atoms with Crippen LogP contribution in [0.3, 0.4) is 0 Å². The molecule has 0 amide bonds. The first-order valence-corrected chi connectivity index (χ1v) is 8.33. The van der Waals surface area contributed by atoms with Crippen LogP contribution in [0.25, 0.3) is 21.5 Å². The summed E-state index contributed by atoms with van der Waals surface area (Å²) in [6, 6.07) is 17.9. The van der Waals surface area contributed by atoms with Crippen molar-refractivity contribution in [3.8, 4) is 0 Å². The normalized spacial score (nSPS) is 10.8. The van der Waals surface area contributed by atoms with Gasteiger partial charge in [0.15, 0.2) is 0 Å². The van der Waals surface area contributed by atoms with Crippen molar-refractivity contribution in [3.05, 3.63) is 60.2 Å². The Labute approximate surface area is 138 Å². The number of benzene rings is 3. The lowest BCUT2D eigenvalue weighted by Gasteiger charge is -2.10. The third-order valence-corrected chi connectivity index (χ3v) is 4.62. The maximum absolute atomic E-state index is 12.8. The van der Waals surface area contributed by atoms with Gasteiger partial charge in [0.05, 0.1) is 13.5 Å². The van der Waals surface area contributed by atoms with E-state index in [0.29, 0.717) is 11.3 Å². The van der Waals surface area contributed by atoms with Crippen LogP contribution in [0.4, 0.5) is 0 Å². The second kappa shape index (κ2) is 6.84. The maximum atomic E-state index is 12.8. The molecular formula is C19H16O3S. The summed E-state index contributed by atoms with van der Waals surface area (Å²) in [5, 5.41) is 3.97. The monoisotopic (exact) mass is 324 g/mol. The third-order valence-electron chi connectivity index (χ3n) is 3.74. The van der Waals surface area contributed by atoms with Gasteiger partial charge in [-0.2, -0.15) is 0 Å². The van der Waals surface area contributed by atoms with E-state index in [1.165, 1.54) is 7.11 Å². The van der Waals surface area contributed by atoms with E-state index in [1.807, 2.05) is 48.5 Å². The van der Waals surface area contributed by atoms with Crippen molar-refractivity contribution in [2.24, 2.45) is 0 Å². The van der Waals surface area contributed by atoms with Crippen LogP contribution in [0.15, 0.2) is 54.6 Å². The molecule has 0 saturated heterocycles. The van der Waals surface area contributed by atoms with Crippen molar-refractivity contribution in [1.29, 1.82) is 0 Å². The van der Waals surface area contributed by atoms with Crippen molar-refractivity contribution < 1.29 is 14.3 Å². The molecule has 3 nitrogen and oxygen atoms in total. The summed E-state index contributed by atoms with van der Waals surface area (Å²) < 4.78 is 4.61. The molecule has 0 spiro atoms. The maximum Gasteiger partial charge on any atom is 0.306 e. The van der Waals surface area contributed by atoms with Crippen LogP contribution in [0.2, 0.25) is 0 Å². The minimum Gasteiger partial charge on any atom is -0.469 e. The highest BCUT2D eigenvalue weighted by Gasteiger charge is 2.15. The van der Waals surface area contributed by atoms with Gasteiger partial charge in [-0.1, -0.05) is 60.3 Å². The number of fused-ring (bicyclic) bond motifs is 2. The molecule has 23 heavy (non-hydrogen) atoms. The van der Waals surface area contributed by atoms with E-state index in [4.69, 9.17) is 0 Å². The van der Waals surface area contributed by atoms with Gasteiger partial charge in [-0.25, -0.2) is 0 Å². The van der Waals surface area contributed by atoms with Crippen LogP contribution >= 0.6 is 11.8 Å². The summed E-state index contributed by atoms with van der Waals surface area (Å²) in [7, 11) is 1.35. The fraction of sp³-hybridized carbons (Fsp3) is 0.158. The number of carbonyl (C=O) groups excluding carboxylic acids is 2. The van der Waals surface area contributed by atoms with Crippen molar-refractivity contribution >= 4 is 44.4 Å². The number of hydrogen-bond acceptors (Lipinski definition) is 4. The van der Waals surface area contributed by atoms with E-state index in [9.17, 15) is 9.59 Å². The first kappa shape index (κ1) is 15.6. The zero-order valence-electron chi connectivity index (χ0n) is 12.7. The molecule has 0 aromatic heterocycles. The average Bonchev–Trinajstić information content (AvgIpc) is 2.59. The largest absolute Gasteiger partial charge is 0.469 e. The van der Waals surface area contributed by atoms with E-state index in [0.717, 1.165) is 33.3 Å². The number of hydrogen-bond donors (Lipinski definition) is 0. The van der Waals surface area contributed by atoms with E-state index in [-0.39, 0.29) is 17.5 Å². The predicted octanol–water partition coefficient (Wildman–Crippen LogP) is 4.43. The lowest BCUT2D eigenvalue weighted by Crippen LogP contribution is -2.04. The number of carbonyl (C=O) groups is 2. The van der Waals surface area contributed by atoms with Crippen LogP contribution in [0.5, 0.6) is 0 Å². The molecule has 0 heterocycles. The highest BCUT2D eigenvalue weighted by Crippen LogP contribution is 2.31. The molecule has 0 saturated carbocycles. The molecule has 0 aliphatic carbocycles. The van der Waals surface area contributed by atoms with Gasteiger partial charge in [0.1, 0.15) is 0 Å². The molecule has 0 unspecified atom stereocenters. The van der Waals surface area contributed by atoms with Crippen molar-refractivity contribution in [3.63, 3.8) is 0 Å². The van der Waals surface area contributed by atoms with Crippen LogP contribution in [0, 0.1) is 0 Å². The second-order valence-electron chi connectivity index (χ2n) is 5.16. The molecule has 0 aliphatic rings. The highest BCUT2D eigenvalue weighted by molar-refractivity contribution is 8.14. The van der Waals surface area contributed by atoms with Gasteiger partial charge in [-0.15, -0.1) is 0 Å². The minimum absolute atomic E-state index is 0.0121. The third kappa shape index (κ3) is 3.22. The molecule has 0 fully saturated rings. The molecular weight excluding hydrogens is 308 g/mol. The Kier molecular flexibility index (Phi) is 4.63. The number of esters is 1. The average molecular weight is 324 g/mol. The highest BCUT2D eigenvalue weighted by atomic mass is 32.2. The summed E-state index contributed by atoms with van der Waals surface area (Å²) in [5.74, 6) is 0.122. The van der Waals surface area contributed by atoms with Crippen LogP contribution in [0.1, 0.15) is 16.8 Å². The van der Waals surface area contributed by atoms with Crippen molar-refractivity contribution in [2.45, 2.75) is 6.42 Å². The summed E-state index contributed by atoms with van der Waals surface area (Å²) in [4.78, 5) is 24.0. The molecule has 4 heteroatoms. The number of methoxy groups -OCH3 is 1.